The average molecular weight is 332 g/mol. The molecule has 0 saturated carbocycles. The van der Waals surface area contributed by atoms with E-state index in [1.807, 2.05) is 0 Å². The normalized spacial score (nSPS) is 11.5. The molecule has 6 nitrogen and oxygen atoms in total. The predicted molar refractivity (Wildman–Crippen MR) is 96.0 cm³/mol. The molecule has 2 N–H and O–H groups in total. The molecule has 0 saturated heterocycles. The Bertz CT molecular complexity index is 523. The largest absolute Gasteiger partial charge is 0.263 e. The highest BCUT2D eigenvalue weighted by Crippen LogP contribution is 2.18. The van der Waals surface area contributed by atoms with Crippen molar-refractivity contribution in [2.75, 3.05) is 0 Å². The Morgan fingerprint density at radius 3 is 1.58 bits per heavy atom. The quantitative estimate of drug-likeness (QED) is 0.567. The highest BCUT2D eigenvalue weighted by Gasteiger charge is 2.18. The molecule has 0 aliphatic heterocycles. The third-order valence-electron chi connectivity index (χ3n) is 4.41. The first-order valence-corrected chi connectivity index (χ1v) is 9.56. The summed E-state index contributed by atoms with van der Waals surface area (Å²) < 4.78 is 0. The van der Waals surface area contributed by atoms with E-state index in [4.69, 9.17) is 0 Å². The summed E-state index contributed by atoms with van der Waals surface area (Å²) in [6, 6.07) is 0. The van der Waals surface area contributed by atoms with Gasteiger partial charge in [0.15, 0.2) is 11.6 Å². The summed E-state index contributed by atoms with van der Waals surface area (Å²) in [5.41, 5.74) is 0. The minimum absolute atomic E-state index is 0.0197. The lowest BCUT2D eigenvalue weighted by Crippen LogP contribution is -2.01. The number of hydrogen-bond donors (Lipinski definition) is 2. The molecule has 0 amide bonds. The van der Waals surface area contributed by atoms with E-state index in [-0.39, 0.29) is 5.92 Å². The van der Waals surface area contributed by atoms with Gasteiger partial charge in [-0.05, 0) is 19.8 Å². The van der Waals surface area contributed by atoms with Crippen molar-refractivity contribution in [1.29, 1.82) is 0 Å². The summed E-state index contributed by atoms with van der Waals surface area (Å²) in [5, 5.41) is 14.8. The molecule has 24 heavy (non-hydrogen) atoms. The Labute approximate surface area is 145 Å². The maximum absolute atomic E-state index is 4.62. The lowest BCUT2D eigenvalue weighted by Gasteiger charge is -2.00. The SMILES string of the molecule is CCCCCCc1nc(C(C)c2n[nH]c(CCCCCC)n2)n[nH]1. The van der Waals surface area contributed by atoms with Gasteiger partial charge in [-0.25, -0.2) is 9.97 Å². The van der Waals surface area contributed by atoms with Crippen LogP contribution in [0.15, 0.2) is 0 Å². The minimum Gasteiger partial charge on any atom is -0.263 e. The van der Waals surface area contributed by atoms with Gasteiger partial charge in [0.2, 0.25) is 0 Å². The van der Waals surface area contributed by atoms with Gasteiger partial charge < -0.3 is 0 Å². The van der Waals surface area contributed by atoms with Crippen molar-refractivity contribution >= 4 is 0 Å². The summed E-state index contributed by atoms with van der Waals surface area (Å²) in [5.74, 6) is 3.55. The van der Waals surface area contributed by atoms with Crippen molar-refractivity contribution in [3.63, 3.8) is 0 Å². The van der Waals surface area contributed by atoms with Crippen LogP contribution in [0.1, 0.15) is 101 Å². The minimum atomic E-state index is 0.0197. The summed E-state index contributed by atoms with van der Waals surface area (Å²) in [4.78, 5) is 9.24. The highest BCUT2D eigenvalue weighted by molar-refractivity contribution is 5.09. The maximum atomic E-state index is 4.62. The fraction of sp³-hybridized carbons (Fsp3) is 0.778. The van der Waals surface area contributed by atoms with Crippen LogP contribution in [0, 0.1) is 0 Å². The van der Waals surface area contributed by atoms with E-state index >= 15 is 0 Å². The second kappa shape index (κ2) is 10.2. The Balaban J connectivity index is 1.84. The number of nitrogens with one attached hydrogen (secondary N) is 2. The van der Waals surface area contributed by atoms with Gasteiger partial charge in [-0.3, -0.25) is 10.2 Å². The van der Waals surface area contributed by atoms with Gasteiger partial charge in [-0.2, -0.15) is 10.2 Å². The van der Waals surface area contributed by atoms with E-state index in [9.17, 15) is 0 Å². The van der Waals surface area contributed by atoms with Crippen molar-refractivity contribution in [2.45, 2.75) is 90.9 Å². The van der Waals surface area contributed by atoms with E-state index in [2.05, 4.69) is 51.1 Å². The first kappa shape index (κ1) is 18.6. The van der Waals surface area contributed by atoms with Crippen LogP contribution in [-0.2, 0) is 12.8 Å². The molecule has 6 heteroatoms. The molecule has 2 rings (SSSR count). The third kappa shape index (κ3) is 5.73. The van der Waals surface area contributed by atoms with Crippen LogP contribution in [0.3, 0.4) is 0 Å². The number of nitrogens with zero attached hydrogens (tertiary/aromatic N) is 4. The molecule has 0 aliphatic carbocycles. The second-order valence-electron chi connectivity index (χ2n) is 6.62. The summed E-state index contributed by atoms with van der Waals surface area (Å²) in [6.07, 6.45) is 11.9. The van der Waals surface area contributed by atoms with Gasteiger partial charge in [0, 0.05) is 12.8 Å². The van der Waals surface area contributed by atoms with Crippen molar-refractivity contribution in [2.24, 2.45) is 0 Å². The molecule has 0 aliphatic rings. The van der Waals surface area contributed by atoms with E-state index in [1.54, 1.807) is 0 Å². The van der Waals surface area contributed by atoms with Crippen LogP contribution < -0.4 is 0 Å². The Hall–Kier alpha value is -1.72. The van der Waals surface area contributed by atoms with Crippen LogP contribution in [0.2, 0.25) is 0 Å². The molecule has 2 aromatic heterocycles. The fourth-order valence-electron chi connectivity index (χ4n) is 2.78. The van der Waals surface area contributed by atoms with Crippen molar-refractivity contribution < 1.29 is 0 Å². The second-order valence-corrected chi connectivity index (χ2v) is 6.62. The molecular weight excluding hydrogens is 300 g/mol. The standard InChI is InChI=1S/C18H32N6/c1-4-6-8-10-12-15-19-17(23-21-15)14(3)18-20-16(22-24-18)13-11-9-7-5-2/h14H,4-13H2,1-3H3,(H,19,21,23)(H,20,22,24). The highest BCUT2D eigenvalue weighted by atomic mass is 15.2. The third-order valence-corrected chi connectivity index (χ3v) is 4.41. The average Bonchev–Trinajstić information content (AvgIpc) is 3.25. The molecule has 2 heterocycles. The number of aromatic nitrogens is 6. The van der Waals surface area contributed by atoms with Crippen LogP contribution >= 0.6 is 0 Å². The van der Waals surface area contributed by atoms with Gasteiger partial charge in [0.05, 0.1) is 5.92 Å². The number of H-pyrrole nitrogens is 2. The maximum Gasteiger partial charge on any atom is 0.161 e. The van der Waals surface area contributed by atoms with Gasteiger partial charge in [-0.1, -0.05) is 52.4 Å². The Morgan fingerprint density at radius 1 is 0.708 bits per heavy atom. The predicted octanol–water partition coefficient (Wildman–Crippen LogP) is 4.32. The number of unbranched alkanes of at least 4 members (excludes halogenated alkanes) is 6. The molecule has 0 radical (unpaired) electrons. The van der Waals surface area contributed by atoms with Crippen LogP contribution in [0.5, 0.6) is 0 Å². The van der Waals surface area contributed by atoms with E-state index in [0.29, 0.717) is 0 Å². The molecule has 0 unspecified atom stereocenters. The van der Waals surface area contributed by atoms with Gasteiger partial charge >= 0.3 is 0 Å². The van der Waals surface area contributed by atoms with Crippen molar-refractivity contribution in [3.05, 3.63) is 23.3 Å². The molecule has 0 spiro atoms. The smallest absolute Gasteiger partial charge is 0.161 e. The summed E-state index contributed by atoms with van der Waals surface area (Å²) in [6.45, 7) is 6.51. The fourth-order valence-corrected chi connectivity index (χ4v) is 2.78. The topological polar surface area (TPSA) is 83.1 Å². The molecular formula is C18H32N6. The number of aromatic amines is 2. The first-order valence-electron chi connectivity index (χ1n) is 9.56. The zero-order valence-corrected chi connectivity index (χ0v) is 15.4. The van der Waals surface area contributed by atoms with Gasteiger partial charge in [0.1, 0.15) is 11.6 Å². The molecule has 0 atom stereocenters. The lowest BCUT2D eigenvalue weighted by molar-refractivity contribution is 0.652. The zero-order chi connectivity index (χ0) is 17.2. The first-order chi connectivity index (χ1) is 11.7. The van der Waals surface area contributed by atoms with Gasteiger partial charge in [0.25, 0.3) is 0 Å². The number of hydrogen-bond acceptors (Lipinski definition) is 4. The lowest BCUT2D eigenvalue weighted by atomic mass is 10.1. The molecule has 0 aromatic carbocycles. The summed E-state index contributed by atoms with van der Waals surface area (Å²) in [7, 11) is 0. The zero-order valence-electron chi connectivity index (χ0n) is 15.4. The van der Waals surface area contributed by atoms with Crippen molar-refractivity contribution in [3.8, 4) is 0 Å². The molecule has 134 valence electrons. The van der Waals surface area contributed by atoms with Crippen LogP contribution in [0.4, 0.5) is 0 Å². The Kier molecular flexibility index (Phi) is 7.92. The summed E-state index contributed by atoms with van der Waals surface area (Å²) >= 11 is 0. The monoisotopic (exact) mass is 332 g/mol. The molecule has 0 fully saturated rings. The molecule has 2 aromatic rings. The Morgan fingerprint density at radius 2 is 1.17 bits per heavy atom. The van der Waals surface area contributed by atoms with Crippen molar-refractivity contribution in [1.82, 2.24) is 30.4 Å². The van der Waals surface area contributed by atoms with Crippen LogP contribution in [-0.4, -0.2) is 30.4 Å². The number of aryl methyl sites for hydroxylation is 2. The van der Waals surface area contributed by atoms with Gasteiger partial charge in [-0.15, -0.1) is 0 Å². The molecule has 0 bridgehead atoms. The number of rotatable bonds is 12. The van der Waals surface area contributed by atoms with Crippen LogP contribution in [0.25, 0.3) is 0 Å². The van der Waals surface area contributed by atoms with E-state index in [1.165, 1.54) is 51.4 Å². The van der Waals surface area contributed by atoms with E-state index in [0.717, 1.165) is 36.1 Å². The van der Waals surface area contributed by atoms with E-state index < -0.39 is 0 Å².